The molecule has 2 rings (SSSR count). The fourth-order valence-corrected chi connectivity index (χ4v) is 2.85. The summed E-state index contributed by atoms with van der Waals surface area (Å²) in [6.45, 7) is 7.06. The van der Waals surface area contributed by atoms with Gasteiger partial charge in [-0.2, -0.15) is 0 Å². The van der Waals surface area contributed by atoms with Crippen LogP contribution < -0.4 is 4.74 Å². The SMILES string of the molecule is CC(C)N(CCCCl)Cc1cc(Cl)cc2c1OCC2. The van der Waals surface area contributed by atoms with Crippen LogP contribution in [0.25, 0.3) is 0 Å². The Balaban J connectivity index is 2.17. The minimum absolute atomic E-state index is 0.485. The van der Waals surface area contributed by atoms with Crippen molar-refractivity contribution in [3.63, 3.8) is 0 Å². The molecule has 0 spiro atoms. The van der Waals surface area contributed by atoms with Crippen molar-refractivity contribution in [3.05, 3.63) is 28.3 Å². The molecule has 1 aromatic carbocycles. The highest BCUT2D eigenvalue weighted by Crippen LogP contribution is 2.33. The first-order chi connectivity index (χ1) is 9.11. The number of rotatable bonds is 6. The van der Waals surface area contributed by atoms with Gasteiger partial charge in [-0.05, 0) is 44.5 Å². The molecule has 0 saturated carbocycles. The van der Waals surface area contributed by atoms with Gasteiger partial charge in [0.05, 0.1) is 6.61 Å². The van der Waals surface area contributed by atoms with Crippen molar-refractivity contribution in [1.82, 2.24) is 4.90 Å². The Labute approximate surface area is 125 Å². The minimum atomic E-state index is 0.485. The maximum Gasteiger partial charge on any atom is 0.127 e. The lowest BCUT2D eigenvalue weighted by Gasteiger charge is -2.27. The lowest BCUT2D eigenvalue weighted by Crippen LogP contribution is -2.31. The first-order valence-corrected chi connectivity index (χ1v) is 7.77. The minimum Gasteiger partial charge on any atom is -0.493 e. The van der Waals surface area contributed by atoms with Gasteiger partial charge < -0.3 is 4.74 Å². The number of halogens is 2. The average molecular weight is 302 g/mol. The molecule has 0 amide bonds. The Morgan fingerprint density at radius 1 is 1.37 bits per heavy atom. The van der Waals surface area contributed by atoms with Crippen molar-refractivity contribution >= 4 is 23.2 Å². The summed E-state index contributed by atoms with van der Waals surface area (Å²) in [4.78, 5) is 2.41. The van der Waals surface area contributed by atoms with Crippen LogP contribution >= 0.6 is 23.2 Å². The Morgan fingerprint density at radius 2 is 2.16 bits per heavy atom. The van der Waals surface area contributed by atoms with E-state index in [1.807, 2.05) is 12.1 Å². The van der Waals surface area contributed by atoms with Crippen molar-refractivity contribution in [2.24, 2.45) is 0 Å². The van der Waals surface area contributed by atoms with Gasteiger partial charge in [-0.15, -0.1) is 11.6 Å². The van der Waals surface area contributed by atoms with Crippen LogP contribution in [0.3, 0.4) is 0 Å². The molecule has 2 nitrogen and oxygen atoms in total. The third-order valence-corrected chi connectivity index (χ3v) is 3.99. The zero-order chi connectivity index (χ0) is 13.8. The van der Waals surface area contributed by atoms with Gasteiger partial charge in [-0.1, -0.05) is 11.6 Å². The largest absolute Gasteiger partial charge is 0.493 e. The third kappa shape index (κ3) is 3.77. The number of ether oxygens (including phenoxy) is 1. The lowest BCUT2D eigenvalue weighted by atomic mass is 10.1. The number of alkyl halides is 1. The Morgan fingerprint density at radius 3 is 2.84 bits per heavy atom. The maximum atomic E-state index is 6.20. The van der Waals surface area contributed by atoms with Crippen molar-refractivity contribution in [2.45, 2.75) is 39.3 Å². The second kappa shape index (κ2) is 6.83. The van der Waals surface area contributed by atoms with E-state index in [1.54, 1.807) is 0 Å². The van der Waals surface area contributed by atoms with Gasteiger partial charge in [-0.3, -0.25) is 4.90 Å². The molecule has 0 radical (unpaired) electrons. The zero-order valence-electron chi connectivity index (χ0n) is 11.6. The Kier molecular flexibility index (Phi) is 5.37. The van der Waals surface area contributed by atoms with Crippen LogP contribution in [0, 0.1) is 0 Å². The summed E-state index contributed by atoms with van der Waals surface area (Å²) in [5.74, 6) is 1.74. The molecule has 106 valence electrons. The highest BCUT2D eigenvalue weighted by atomic mass is 35.5. The van der Waals surface area contributed by atoms with E-state index < -0.39 is 0 Å². The van der Waals surface area contributed by atoms with Crippen LogP contribution in [-0.2, 0) is 13.0 Å². The molecule has 0 aliphatic carbocycles. The van der Waals surface area contributed by atoms with Crippen LogP contribution in [0.4, 0.5) is 0 Å². The van der Waals surface area contributed by atoms with Crippen LogP contribution in [0.15, 0.2) is 12.1 Å². The van der Waals surface area contributed by atoms with Crippen LogP contribution in [0.1, 0.15) is 31.4 Å². The molecule has 0 fully saturated rings. The number of hydrogen-bond donors (Lipinski definition) is 0. The van der Waals surface area contributed by atoms with Crippen LogP contribution in [-0.4, -0.2) is 30.0 Å². The van der Waals surface area contributed by atoms with E-state index in [1.165, 1.54) is 11.1 Å². The summed E-state index contributed by atoms with van der Waals surface area (Å²) in [6.07, 6.45) is 1.97. The fraction of sp³-hybridized carbons (Fsp3) is 0.600. The molecule has 0 N–H and O–H groups in total. The molecule has 1 aliphatic rings. The summed E-state index contributed by atoms with van der Waals surface area (Å²) in [5, 5.41) is 0.806. The van der Waals surface area contributed by atoms with Gasteiger partial charge in [0.25, 0.3) is 0 Å². The van der Waals surface area contributed by atoms with E-state index >= 15 is 0 Å². The van der Waals surface area contributed by atoms with Crippen LogP contribution in [0.5, 0.6) is 5.75 Å². The molecule has 0 bridgehead atoms. The van der Waals surface area contributed by atoms with E-state index in [4.69, 9.17) is 27.9 Å². The van der Waals surface area contributed by atoms with E-state index in [0.717, 1.165) is 43.3 Å². The normalized spacial score (nSPS) is 14.0. The molecule has 19 heavy (non-hydrogen) atoms. The van der Waals surface area contributed by atoms with Crippen molar-refractivity contribution in [1.29, 1.82) is 0 Å². The maximum absolute atomic E-state index is 6.20. The Bertz CT molecular complexity index is 434. The van der Waals surface area contributed by atoms with Crippen LogP contribution in [0.2, 0.25) is 5.02 Å². The highest BCUT2D eigenvalue weighted by molar-refractivity contribution is 6.30. The van der Waals surface area contributed by atoms with E-state index in [9.17, 15) is 0 Å². The average Bonchev–Trinajstić information content (AvgIpc) is 2.81. The van der Waals surface area contributed by atoms with Crippen molar-refractivity contribution in [2.75, 3.05) is 19.0 Å². The number of benzene rings is 1. The quantitative estimate of drug-likeness (QED) is 0.733. The second-order valence-corrected chi connectivity index (χ2v) is 6.07. The van der Waals surface area contributed by atoms with Gasteiger partial charge in [0.15, 0.2) is 0 Å². The number of nitrogens with zero attached hydrogens (tertiary/aromatic N) is 1. The Hall–Kier alpha value is -0.440. The van der Waals surface area contributed by atoms with Crippen molar-refractivity contribution in [3.8, 4) is 5.75 Å². The molecule has 0 unspecified atom stereocenters. The summed E-state index contributed by atoms with van der Waals surface area (Å²) >= 11 is 12.0. The first-order valence-electron chi connectivity index (χ1n) is 6.86. The molecule has 1 aliphatic heterocycles. The predicted molar refractivity (Wildman–Crippen MR) is 81.5 cm³/mol. The van der Waals surface area contributed by atoms with Crippen molar-refractivity contribution < 1.29 is 4.74 Å². The second-order valence-electron chi connectivity index (χ2n) is 5.26. The number of fused-ring (bicyclic) bond motifs is 1. The number of hydrogen-bond acceptors (Lipinski definition) is 2. The summed E-state index contributed by atoms with van der Waals surface area (Å²) in [6, 6.07) is 4.53. The lowest BCUT2D eigenvalue weighted by molar-refractivity contribution is 0.210. The third-order valence-electron chi connectivity index (χ3n) is 3.51. The first kappa shape index (κ1) is 15.0. The topological polar surface area (TPSA) is 12.5 Å². The molecular formula is C15H21Cl2NO. The molecular weight excluding hydrogens is 281 g/mol. The van der Waals surface area contributed by atoms with Gasteiger partial charge in [0, 0.05) is 35.5 Å². The van der Waals surface area contributed by atoms with Gasteiger partial charge in [0.1, 0.15) is 5.75 Å². The molecule has 1 aromatic rings. The summed E-state index contributed by atoms with van der Waals surface area (Å²) in [5.41, 5.74) is 2.44. The zero-order valence-corrected chi connectivity index (χ0v) is 13.1. The van der Waals surface area contributed by atoms with Gasteiger partial charge in [0.2, 0.25) is 0 Å². The molecule has 0 aromatic heterocycles. The highest BCUT2D eigenvalue weighted by Gasteiger charge is 2.20. The van der Waals surface area contributed by atoms with E-state index in [0.29, 0.717) is 11.9 Å². The van der Waals surface area contributed by atoms with Gasteiger partial charge >= 0.3 is 0 Å². The molecule has 1 heterocycles. The summed E-state index contributed by atoms with van der Waals surface area (Å²) in [7, 11) is 0. The van der Waals surface area contributed by atoms with Gasteiger partial charge in [-0.25, -0.2) is 0 Å². The van der Waals surface area contributed by atoms with E-state index in [2.05, 4.69) is 18.7 Å². The van der Waals surface area contributed by atoms with E-state index in [-0.39, 0.29) is 0 Å². The molecule has 0 atom stereocenters. The molecule has 4 heteroatoms. The standard InChI is InChI=1S/C15H21Cl2NO/c1-11(2)18(6-3-5-16)10-13-9-14(17)8-12-4-7-19-15(12)13/h8-9,11H,3-7,10H2,1-2H3. The predicted octanol–water partition coefficient (Wildman–Crippen LogP) is 4.11. The fourth-order valence-electron chi connectivity index (χ4n) is 2.46. The summed E-state index contributed by atoms with van der Waals surface area (Å²) < 4.78 is 5.76. The monoisotopic (exact) mass is 301 g/mol. The smallest absolute Gasteiger partial charge is 0.127 e. The molecule has 0 saturated heterocycles.